The van der Waals surface area contributed by atoms with Crippen LogP contribution in [0.4, 0.5) is 0 Å². The van der Waals surface area contributed by atoms with Crippen LogP contribution in [0, 0.1) is 0 Å². The van der Waals surface area contributed by atoms with Crippen molar-refractivity contribution in [3.05, 3.63) is 18.5 Å². The Balaban J connectivity index is 1.56. The molecule has 0 bridgehead atoms. The predicted octanol–water partition coefficient (Wildman–Crippen LogP) is 0.640. The van der Waals surface area contributed by atoms with E-state index in [9.17, 15) is 13.2 Å². The highest BCUT2D eigenvalue weighted by atomic mass is 32.2. The second kappa shape index (κ2) is 7.00. The molecule has 2 atom stereocenters. The highest BCUT2D eigenvalue weighted by Crippen LogP contribution is 2.21. The van der Waals surface area contributed by atoms with Gasteiger partial charge < -0.3 is 9.64 Å². The lowest BCUT2D eigenvalue weighted by Crippen LogP contribution is -2.44. The molecule has 2 saturated heterocycles. The monoisotopic (exact) mass is 341 g/mol. The number of aromatic nitrogens is 2. The molecule has 0 radical (unpaired) electrons. The van der Waals surface area contributed by atoms with Crippen molar-refractivity contribution in [3.8, 4) is 0 Å². The number of piperidine rings is 1. The summed E-state index contributed by atoms with van der Waals surface area (Å²) in [5, 5.41) is 4.22. The smallest absolute Gasteiger partial charge is 0.237 e. The SMILES string of the molecule is O=C(CS(=O)(=O)CC1CCCO1)N1CCCC(n2cccn2)C1. The van der Waals surface area contributed by atoms with E-state index in [0.29, 0.717) is 19.7 Å². The Hall–Kier alpha value is -1.41. The molecular weight excluding hydrogens is 318 g/mol. The second-order valence-electron chi connectivity index (χ2n) is 6.31. The van der Waals surface area contributed by atoms with E-state index in [-0.39, 0.29) is 23.8 Å². The van der Waals surface area contributed by atoms with Crippen LogP contribution in [-0.2, 0) is 19.4 Å². The topological polar surface area (TPSA) is 81.5 Å². The molecule has 128 valence electrons. The quantitative estimate of drug-likeness (QED) is 0.785. The summed E-state index contributed by atoms with van der Waals surface area (Å²) < 4.78 is 31.6. The Labute approximate surface area is 136 Å². The largest absolute Gasteiger partial charge is 0.377 e. The third-order valence-electron chi connectivity index (χ3n) is 4.46. The first-order chi connectivity index (χ1) is 11.0. The van der Waals surface area contributed by atoms with Crippen LogP contribution >= 0.6 is 0 Å². The molecule has 0 aliphatic carbocycles. The van der Waals surface area contributed by atoms with Gasteiger partial charge in [-0.15, -0.1) is 0 Å². The first-order valence-electron chi connectivity index (χ1n) is 8.12. The van der Waals surface area contributed by atoms with Crippen LogP contribution in [0.2, 0.25) is 0 Å². The fourth-order valence-corrected chi connectivity index (χ4v) is 4.80. The van der Waals surface area contributed by atoms with Crippen molar-refractivity contribution >= 4 is 15.7 Å². The van der Waals surface area contributed by atoms with Crippen LogP contribution in [0.15, 0.2) is 18.5 Å². The number of ether oxygens (including phenoxy) is 1. The molecule has 1 amide bonds. The molecule has 2 unspecified atom stereocenters. The van der Waals surface area contributed by atoms with Gasteiger partial charge in [-0.05, 0) is 31.7 Å². The summed E-state index contributed by atoms with van der Waals surface area (Å²) in [5.74, 6) is -0.770. The zero-order valence-electron chi connectivity index (χ0n) is 13.1. The minimum atomic E-state index is -3.42. The van der Waals surface area contributed by atoms with Gasteiger partial charge in [0.1, 0.15) is 5.75 Å². The fraction of sp³-hybridized carbons (Fsp3) is 0.733. The van der Waals surface area contributed by atoms with Crippen molar-refractivity contribution in [3.63, 3.8) is 0 Å². The number of sulfone groups is 1. The van der Waals surface area contributed by atoms with Crippen LogP contribution in [0.5, 0.6) is 0 Å². The summed E-state index contributed by atoms with van der Waals surface area (Å²) in [6.07, 6.45) is 6.83. The molecule has 2 fully saturated rings. The molecule has 8 heteroatoms. The lowest BCUT2D eigenvalue weighted by atomic mass is 10.1. The van der Waals surface area contributed by atoms with Gasteiger partial charge in [-0.3, -0.25) is 9.48 Å². The van der Waals surface area contributed by atoms with Gasteiger partial charge in [-0.2, -0.15) is 5.10 Å². The van der Waals surface area contributed by atoms with Gasteiger partial charge in [0.05, 0.1) is 17.9 Å². The number of hydrogen-bond acceptors (Lipinski definition) is 5. The number of hydrogen-bond donors (Lipinski definition) is 0. The van der Waals surface area contributed by atoms with Gasteiger partial charge in [0.15, 0.2) is 9.84 Å². The van der Waals surface area contributed by atoms with Gasteiger partial charge in [0, 0.05) is 32.1 Å². The zero-order chi connectivity index (χ0) is 16.3. The average molecular weight is 341 g/mol. The molecule has 2 aliphatic heterocycles. The molecule has 0 saturated carbocycles. The number of likely N-dealkylation sites (tertiary alicyclic amines) is 1. The van der Waals surface area contributed by atoms with Crippen molar-refractivity contribution in [1.29, 1.82) is 0 Å². The zero-order valence-corrected chi connectivity index (χ0v) is 14.0. The maximum absolute atomic E-state index is 12.4. The van der Waals surface area contributed by atoms with Gasteiger partial charge in [-0.25, -0.2) is 8.42 Å². The summed E-state index contributed by atoms with van der Waals surface area (Å²) in [4.78, 5) is 14.0. The van der Waals surface area contributed by atoms with Gasteiger partial charge >= 0.3 is 0 Å². The Morgan fingerprint density at radius 3 is 2.87 bits per heavy atom. The summed E-state index contributed by atoms with van der Waals surface area (Å²) in [7, 11) is -3.42. The Bertz CT molecular complexity index is 623. The number of carbonyl (C=O) groups is 1. The molecular formula is C15H23N3O4S. The summed E-state index contributed by atoms with van der Waals surface area (Å²) in [6, 6.07) is 1.98. The maximum atomic E-state index is 12.4. The molecule has 7 nitrogen and oxygen atoms in total. The fourth-order valence-electron chi connectivity index (χ4n) is 3.29. The standard InChI is InChI=1S/C15H23N3O4S/c19-15(12-23(20,21)11-14-5-2-9-22-14)17-7-1-4-13(10-17)18-8-3-6-16-18/h3,6,8,13-14H,1-2,4-5,7,9-12H2. The Morgan fingerprint density at radius 1 is 1.30 bits per heavy atom. The minimum Gasteiger partial charge on any atom is -0.377 e. The summed E-state index contributed by atoms with van der Waals surface area (Å²) >= 11 is 0. The Morgan fingerprint density at radius 2 is 2.17 bits per heavy atom. The van der Waals surface area contributed by atoms with E-state index in [1.165, 1.54) is 0 Å². The first kappa shape index (κ1) is 16.4. The maximum Gasteiger partial charge on any atom is 0.237 e. The lowest BCUT2D eigenvalue weighted by molar-refractivity contribution is -0.130. The van der Waals surface area contributed by atoms with E-state index in [1.807, 2.05) is 16.9 Å². The highest BCUT2D eigenvalue weighted by Gasteiger charge is 2.30. The van der Waals surface area contributed by atoms with Crippen molar-refractivity contribution in [2.75, 3.05) is 31.2 Å². The molecule has 2 aliphatic rings. The van der Waals surface area contributed by atoms with E-state index < -0.39 is 15.6 Å². The predicted molar refractivity (Wildman–Crippen MR) is 84.7 cm³/mol. The van der Waals surface area contributed by atoms with Crippen molar-refractivity contribution in [1.82, 2.24) is 14.7 Å². The van der Waals surface area contributed by atoms with E-state index in [4.69, 9.17) is 4.74 Å². The summed E-state index contributed by atoms with van der Waals surface area (Å²) in [6.45, 7) is 1.76. The van der Waals surface area contributed by atoms with Crippen molar-refractivity contribution in [2.24, 2.45) is 0 Å². The minimum absolute atomic E-state index is 0.0465. The van der Waals surface area contributed by atoms with E-state index in [2.05, 4.69) is 5.10 Å². The first-order valence-corrected chi connectivity index (χ1v) is 9.94. The van der Waals surface area contributed by atoms with Gasteiger partial charge in [0.25, 0.3) is 0 Å². The molecule has 3 rings (SSSR count). The third-order valence-corrected chi connectivity index (χ3v) is 6.02. The molecule has 1 aromatic heterocycles. The molecule has 0 spiro atoms. The van der Waals surface area contributed by atoms with Crippen molar-refractivity contribution < 1.29 is 17.9 Å². The number of carbonyl (C=O) groups excluding carboxylic acids is 1. The molecule has 23 heavy (non-hydrogen) atoms. The normalized spacial score (nSPS) is 25.7. The van der Waals surface area contributed by atoms with Crippen LogP contribution < -0.4 is 0 Å². The van der Waals surface area contributed by atoms with Gasteiger partial charge in [-0.1, -0.05) is 0 Å². The van der Waals surface area contributed by atoms with Crippen LogP contribution in [0.1, 0.15) is 31.7 Å². The second-order valence-corrected chi connectivity index (χ2v) is 8.42. The van der Waals surface area contributed by atoms with E-state index in [0.717, 1.165) is 25.7 Å². The Kier molecular flexibility index (Phi) is 5.01. The number of nitrogens with zero attached hydrogens (tertiary/aromatic N) is 3. The molecule has 0 N–H and O–H groups in total. The van der Waals surface area contributed by atoms with Crippen molar-refractivity contribution in [2.45, 2.75) is 37.8 Å². The molecule has 0 aromatic carbocycles. The molecule has 3 heterocycles. The van der Waals surface area contributed by atoms with Crippen LogP contribution in [-0.4, -0.2) is 66.3 Å². The van der Waals surface area contributed by atoms with E-state index in [1.54, 1.807) is 11.1 Å². The molecule has 1 aromatic rings. The summed E-state index contributed by atoms with van der Waals surface area (Å²) in [5.41, 5.74) is 0. The lowest BCUT2D eigenvalue weighted by Gasteiger charge is -2.32. The highest BCUT2D eigenvalue weighted by molar-refractivity contribution is 7.92. The van der Waals surface area contributed by atoms with Crippen LogP contribution in [0.25, 0.3) is 0 Å². The number of amides is 1. The average Bonchev–Trinajstić information content (AvgIpc) is 3.19. The van der Waals surface area contributed by atoms with E-state index >= 15 is 0 Å². The number of rotatable bonds is 5. The third kappa shape index (κ3) is 4.32. The van der Waals surface area contributed by atoms with Gasteiger partial charge in [0.2, 0.25) is 5.91 Å². The van der Waals surface area contributed by atoms with Crippen LogP contribution in [0.3, 0.4) is 0 Å².